The first-order chi connectivity index (χ1) is 13.2. The highest BCUT2D eigenvalue weighted by molar-refractivity contribution is 6.04. The van der Waals surface area contributed by atoms with Gasteiger partial charge in [-0.15, -0.1) is 0 Å². The number of benzene rings is 2. The molecule has 4 aromatic rings. The number of aromatic amines is 1. The van der Waals surface area contributed by atoms with E-state index in [4.69, 9.17) is 0 Å². The fourth-order valence-electron chi connectivity index (χ4n) is 3.01. The maximum atomic E-state index is 13.0. The molecule has 0 saturated heterocycles. The van der Waals surface area contributed by atoms with Gasteiger partial charge in [0.15, 0.2) is 5.69 Å². The van der Waals surface area contributed by atoms with E-state index in [-0.39, 0.29) is 17.2 Å². The molecule has 4 rings (SSSR count). The molecule has 0 aliphatic rings. The van der Waals surface area contributed by atoms with Crippen LogP contribution in [0, 0.1) is 0 Å². The number of H-pyrrole nitrogens is 1. The van der Waals surface area contributed by atoms with Gasteiger partial charge >= 0.3 is 0 Å². The molecule has 1 atom stereocenters. The quantitative estimate of drug-likeness (QED) is 0.589. The van der Waals surface area contributed by atoms with Gasteiger partial charge in [0.25, 0.3) is 11.5 Å². The predicted octanol–water partition coefficient (Wildman–Crippen LogP) is 2.84. The largest absolute Gasteiger partial charge is 0.338 e. The van der Waals surface area contributed by atoms with E-state index in [1.165, 1.54) is 0 Å². The molecule has 2 aromatic carbocycles. The first-order valence-corrected chi connectivity index (χ1v) is 8.48. The molecule has 132 valence electrons. The van der Waals surface area contributed by atoms with Crippen LogP contribution in [0.3, 0.4) is 0 Å². The van der Waals surface area contributed by atoms with Crippen LogP contribution < -0.4 is 10.9 Å². The Balaban J connectivity index is 1.75. The smallest absolute Gasteiger partial charge is 0.273 e. The second-order valence-electron chi connectivity index (χ2n) is 6.02. The number of hydrogen-bond acceptors (Lipinski definition) is 4. The molecule has 2 N–H and O–H groups in total. The zero-order valence-corrected chi connectivity index (χ0v) is 14.3. The molecule has 0 aliphatic carbocycles. The van der Waals surface area contributed by atoms with E-state index >= 15 is 0 Å². The molecule has 0 aliphatic heterocycles. The number of pyridine rings is 1. The average Bonchev–Trinajstić information content (AvgIpc) is 2.73. The van der Waals surface area contributed by atoms with Crippen molar-refractivity contribution in [3.8, 4) is 0 Å². The van der Waals surface area contributed by atoms with E-state index in [1.807, 2.05) is 48.5 Å². The summed E-state index contributed by atoms with van der Waals surface area (Å²) in [4.78, 5) is 29.3. The van der Waals surface area contributed by atoms with Crippen molar-refractivity contribution in [3.05, 3.63) is 106 Å². The Hall–Kier alpha value is -3.80. The number of hydrogen-bond donors (Lipinski definition) is 2. The Bertz CT molecular complexity index is 1100. The van der Waals surface area contributed by atoms with Crippen LogP contribution in [0.15, 0.2) is 83.8 Å². The summed E-state index contributed by atoms with van der Waals surface area (Å²) in [5.41, 5.74) is 1.46. The van der Waals surface area contributed by atoms with Crippen molar-refractivity contribution < 1.29 is 4.79 Å². The summed E-state index contributed by atoms with van der Waals surface area (Å²) in [5, 5.41) is 10.3. The zero-order valence-electron chi connectivity index (χ0n) is 14.3. The van der Waals surface area contributed by atoms with Gasteiger partial charge in [0.1, 0.15) is 0 Å². The van der Waals surface area contributed by atoms with Crippen LogP contribution in [0.1, 0.15) is 27.8 Å². The van der Waals surface area contributed by atoms with Crippen molar-refractivity contribution >= 4 is 16.7 Å². The number of aromatic nitrogens is 3. The fourth-order valence-corrected chi connectivity index (χ4v) is 3.01. The third-order valence-corrected chi connectivity index (χ3v) is 4.30. The van der Waals surface area contributed by atoms with Crippen LogP contribution in [0.25, 0.3) is 10.8 Å². The van der Waals surface area contributed by atoms with Gasteiger partial charge in [0, 0.05) is 11.6 Å². The van der Waals surface area contributed by atoms with Gasteiger partial charge in [-0.05, 0) is 23.8 Å². The number of nitrogens with one attached hydrogen (secondary N) is 2. The molecular weight excluding hydrogens is 340 g/mol. The third kappa shape index (κ3) is 3.32. The highest BCUT2D eigenvalue weighted by atomic mass is 16.2. The molecule has 6 heteroatoms. The first kappa shape index (κ1) is 16.7. The van der Waals surface area contributed by atoms with E-state index in [9.17, 15) is 9.59 Å². The van der Waals surface area contributed by atoms with Crippen LogP contribution in [0.5, 0.6) is 0 Å². The van der Waals surface area contributed by atoms with Crippen molar-refractivity contribution in [1.82, 2.24) is 20.5 Å². The topological polar surface area (TPSA) is 87.7 Å². The standard InChI is InChI=1S/C21H16N4O2/c26-20-16-11-5-4-10-15(16)19(24-25-20)21(27)23-18(14-8-2-1-3-9-14)17-12-6-7-13-22-17/h1-13,18H,(H,23,27)(H,25,26). The third-order valence-electron chi connectivity index (χ3n) is 4.30. The van der Waals surface area contributed by atoms with E-state index in [0.29, 0.717) is 16.5 Å². The number of carbonyl (C=O) groups excluding carboxylic acids is 1. The van der Waals surface area contributed by atoms with Crippen molar-refractivity contribution in [1.29, 1.82) is 0 Å². The molecule has 2 heterocycles. The van der Waals surface area contributed by atoms with Crippen molar-refractivity contribution in [2.75, 3.05) is 0 Å². The second kappa shape index (κ2) is 7.21. The minimum absolute atomic E-state index is 0.169. The second-order valence-corrected chi connectivity index (χ2v) is 6.02. The Morgan fingerprint density at radius 1 is 0.889 bits per heavy atom. The van der Waals surface area contributed by atoms with Gasteiger partial charge in [-0.3, -0.25) is 14.6 Å². The minimum Gasteiger partial charge on any atom is -0.338 e. The summed E-state index contributed by atoms with van der Waals surface area (Å²) in [6, 6.07) is 21.6. The van der Waals surface area contributed by atoms with Gasteiger partial charge in [0.2, 0.25) is 0 Å². The van der Waals surface area contributed by atoms with Crippen LogP contribution >= 0.6 is 0 Å². The van der Waals surface area contributed by atoms with Gasteiger partial charge in [0.05, 0.1) is 17.1 Å². The fraction of sp³-hybridized carbons (Fsp3) is 0.0476. The SMILES string of the molecule is O=C(NC(c1ccccc1)c1ccccn1)c1n[nH]c(=O)c2ccccc12. The van der Waals surface area contributed by atoms with Gasteiger partial charge in [-0.2, -0.15) is 5.10 Å². The molecule has 1 unspecified atom stereocenters. The number of amides is 1. The summed E-state index contributed by atoms with van der Waals surface area (Å²) in [5.74, 6) is -0.387. The van der Waals surface area contributed by atoms with E-state index in [0.717, 1.165) is 5.56 Å². The predicted molar refractivity (Wildman–Crippen MR) is 102 cm³/mol. The van der Waals surface area contributed by atoms with Crippen molar-refractivity contribution in [2.24, 2.45) is 0 Å². The molecule has 2 aromatic heterocycles. The summed E-state index contributed by atoms with van der Waals surface area (Å²) in [6.45, 7) is 0. The molecule has 27 heavy (non-hydrogen) atoms. The average molecular weight is 356 g/mol. The van der Waals surface area contributed by atoms with Crippen LogP contribution in [-0.4, -0.2) is 21.1 Å². The molecule has 0 saturated carbocycles. The molecule has 0 radical (unpaired) electrons. The summed E-state index contributed by atoms with van der Waals surface area (Å²) >= 11 is 0. The maximum absolute atomic E-state index is 13.0. The molecule has 0 fully saturated rings. The molecule has 0 spiro atoms. The van der Waals surface area contributed by atoms with E-state index in [1.54, 1.807) is 30.5 Å². The lowest BCUT2D eigenvalue weighted by Gasteiger charge is -2.19. The Kier molecular flexibility index (Phi) is 4.45. The number of carbonyl (C=O) groups is 1. The van der Waals surface area contributed by atoms with Gasteiger partial charge in [-0.25, -0.2) is 5.10 Å². The summed E-state index contributed by atoms with van der Waals surface area (Å²) in [6.07, 6.45) is 1.69. The number of rotatable bonds is 4. The zero-order chi connectivity index (χ0) is 18.6. The van der Waals surface area contributed by atoms with Crippen molar-refractivity contribution in [3.63, 3.8) is 0 Å². The lowest BCUT2D eigenvalue weighted by Crippen LogP contribution is -2.31. The Morgan fingerprint density at radius 3 is 2.33 bits per heavy atom. The number of nitrogens with zero attached hydrogens (tertiary/aromatic N) is 2. The Labute approximate surface area is 154 Å². The normalized spacial score (nSPS) is 11.9. The molecule has 6 nitrogen and oxygen atoms in total. The van der Waals surface area contributed by atoms with E-state index < -0.39 is 6.04 Å². The first-order valence-electron chi connectivity index (χ1n) is 8.48. The highest BCUT2D eigenvalue weighted by Gasteiger charge is 2.21. The van der Waals surface area contributed by atoms with Gasteiger partial charge in [-0.1, -0.05) is 54.6 Å². The van der Waals surface area contributed by atoms with Crippen LogP contribution in [0.2, 0.25) is 0 Å². The number of fused-ring (bicyclic) bond motifs is 1. The summed E-state index contributed by atoms with van der Waals surface area (Å²) in [7, 11) is 0. The lowest BCUT2D eigenvalue weighted by molar-refractivity contribution is 0.0938. The maximum Gasteiger partial charge on any atom is 0.273 e. The van der Waals surface area contributed by atoms with Gasteiger partial charge < -0.3 is 5.32 Å². The minimum atomic E-state index is -0.438. The Morgan fingerprint density at radius 2 is 1.59 bits per heavy atom. The molecule has 0 bridgehead atoms. The highest BCUT2D eigenvalue weighted by Crippen LogP contribution is 2.21. The summed E-state index contributed by atoms with van der Waals surface area (Å²) < 4.78 is 0. The molecule has 1 amide bonds. The molecular formula is C21H16N4O2. The monoisotopic (exact) mass is 356 g/mol. The lowest BCUT2D eigenvalue weighted by atomic mass is 10.0. The van der Waals surface area contributed by atoms with Crippen LogP contribution in [-0.2, 0) is 0 Å². The van der Waals surface area contributed by atoms with E-state index in [2.05, 4.69) is 20.5 Å². The van der Waals surface area contributed by atoms with Crippen molar-refractivity contribution in [2.45, 2.75) is 6.04 Å². The van der Waals surface area contributed by atoms with Crippen LogP contribution in [0.4, 0.5) is 0 Å².